The Bertz CT molecular complexity index is 4450. The molecule has 12 atom stereocenters. The fraction of sp³-hybridized carbons (Fsp3) is 0.463. The number of aromatic hydroxyl groups is 1. The number of guanidine groups is 2. The van der Waals surface area contributed by atoms with Crippen LogP contribution >= 0.6 is 11.8 Å². The van der Waals surface area contributed by atoms with Gasteiger partial charge in [-0.15, -0.1) is 0 Å². The van der Waals surface area contributed by atoms with Gasteiger partial charge in [-0.1, -0.05) is 107 Å². The number of aromatic nitrogens is 2. The van der Waals surface area contributed by atoms with Crippen LogP contribution in [-0.2, 0) is 88.0 Å². The minimum Gasteiger partial charge on any atom is -0.508 e. The van der Waals surface area contributed by atoms with E-state index in [0.717, 1.165) is 5.52 Å². The van der Waals surface area contributed by atoms with Crippen molar-refractivity contribution in [2.24, 2.45) is 40.5 Å². The zero-order valence-corrected chi connectivity index (χ0v) is 68.0. The minimum absolute atomic E-state index is 0.0117. The Morgan fingerprint density at radius 2 is 0.798 bits per heavy atom. The number of aliphatic hydroxyl groups is 1. The third-order valence-corrected chi connectivity index (χ3v) is 20.1. The van der Waals surface area contributed by atoms with Crippen LogP contribution in [0.25, 0.3) is 21.8 Å². The number of benzene rings is 4. The number of carbonyl (C=O) groups is 13. The number of H-pyrrole nitrogens is 2. The molecule has 38 nitrogen and oxygen atoms in total. The summed E-state index contributed by atoms with van der Waals surface area (Å²) in [6, 6.07) is 10.3. The van der Waals surface area contributed by atoms with E-state index in [1.54, 1.807) is 99.2 Å². The van der Waals surface area contributed by atoms with Gasteiger partial charge in [-0.2, -0.15) is 11.8 Å². The van der Waals surface area contributed by atoms with Gasteiger partial charge in [0.2, 0.25) is 70.9 Å². The van der Waals surface area contributed by atoms with Crippen LogP contribution in [-0.4, -0.2) is 225 Å². The predicted octanol–water partition coefficient (Wildman–Crippen LogP) is -2.04. The highest BCUT2D eigenvalue weighted by atomic mass is 32.2. The monoisotopic (exact) mass is 1670 g/mol. The number of carbonyl (C=O) groups excluding carboxylic acids is 12. The molecule has 0 saturated heterocycles. The van der Waals surface area contributed by atoms with Crippen molar-refractivity contribution < 1.29 is 77.6 Å². The standard InChI is InChI=1S/C80H114N22O16S/c1-43(2)65(76(115)98-60(38-48-41-91-54-22-12-10-20-51(48)54)72(111)99-62(78(117)118)36-45-17-7-6-8-18-45)101-70(109)57(25-16-33-89-80(86)87)93-71(110)59(37-47-40-90-53-21-11-9-19-50(47)53)97-69(108)56(24-15-32-88-79(84)85)92-68(107)55(23-13-14-31-81)94-75(114)63(42-103)100-77(116)66(44(3)4)102-74(113)58(35-46-26-28-49(104)29-27-46)96-73(112)61(39-64(83)105)95-67(106)52(82)30-34-119-5/h6-12,17-22,26-29,40-41,43-44,52,55-63,65-66,90-91,103-104H,13-16,23-25,30-39,42,81-82H2,1-5H3,(H2,83,105)(H,92,107)(H,93,110)(H,94,114)(H,95,106)(H,96,112)(H,97,108)(H,98,115)(H,99,111)(H,100,116)(H,101,109)(H,102,113)(H,117,118)(H4,84,85,88)(H4,86,87,89)/t52-,55-,56-,57-,58-,59-,60-,61-,62-,63-,65-,66-/m0/s1. The third kappa shape index (κ3) is 31.2. The van der Waals surface area contributed by atoms with E-state index in [4.69, 9.17) is 39.5 Å². The van der Waals surface area contributed by atoms with Crippen LogP contribution in [0.15, 0.2) is 116 Å². The summed E-state index contributed by atoms with van der Waals surface area (Å²) in [6.45, 7) is 5.38. The summed E-state index contributed by atoms with van der Waals surface area (Å²) in [5, 5.41) is 82.3. The molecule has 0 aliphatic carbocycles. The SMILES string of the molecule is CSCC[C@H](N)C(=O)N[C@@H](CC(N)=O)C(=O)N[C@@H](Cc1ccc(O)cc1)C(=O)N[C@H](C(=O)N[C@@H](CO)C(=O)N[C@@H](CCCCN)C(=O)N[C@@H](CCCNC(=N)N)C(=O)N[C@@H](Cc1c[nH]c2ccccc12)C(=O)N[C@@H](CCCNC(=N)N)C(=O)N[C@H](C(=O)N[C@@H](Cc1c[nH]c2ccccc12)C(=O)N[C@@H](Cc1ccccc1)C(=O)O)C(C)C)C(C)C. The maximum atomic E-state index is 15.3. The lowest BCUT2D eigenvalue weighted by Gasteiger charge is -2.29. The number of nitrogens with two attached hydrogens (primary N) is 5. The number of nitrogens with one attached hydrogen (secondary N) is 17. The molecule has 0 aliphatic heterocycles. The van der Waals surface area contributed by atoms with E-state index in [2.05, 4.69) is 79.1 Å². The Kier molecular flexibility index (Phi) is 38.8. The number of aromatic amines is 2. The number of amides is 12. The largest absolute Gasteiger partial charge is 0.508 e. The molecule has 2 heterocycles. The summed E-state index contributed by atoms with van der Waals surface area (Å²) in [5.74, 6) is -14.7. The number of phenols is 1. The number of primary amides is 1. The third-order valence-electron chi connectivity index (χ3n) is 19.5. The molecule has 119 heavy (non-hydrogen) atoms. The van der Waals surface area contributed by atoms with Crippen molar-refractivity contribution in [2.45, 2.75) is 184 Å². The van der Waals surface area contributed by atoms with E-state index in [1.807, 2.05) is 12.1 Å². The fourth-order valence-electron chi connectivity index (χ4n) is 12.9. The number of rotatable bonds is 51. The van der Waals surface area contributed by atoms with Crippen LogP contribution < -0.4 is 97.8 Å². The Morgan fingerprint density at radius 3 is 1.24 bits per heavy atom. The van der Waals surface area contributed by atoms with Crippen molar-refractivity contribution in [3.8, 4) is 5.75 Å². The van der Waals surface area contributed by atoms with Gasteiger partial charge in [0.1, 0.15) is 72.2 Å². The number of aliphatic carboxylic acids is 1. The van der Waals surface area contributed by atoms with E-state index in [1.165, 1.54) is 49.9 Å². The molecule has 12 amide bonds. The van der Waals surface area contributed by atoms with E-state index in [-0.39, 0.29) is 96.0 Å². The fourth-order valence-corrected chi connectivity index (χ4v) is 13.4. The number of unbranched alkanes of at least 4 members (excludes halogenated alkanes) is 1. The Morgan fingerprint density at radius 1 is 0.429 bits per heavy atom. The van der Waals surface area contributed by atoms with Gasteiger partial charge in [-0.05, 0) is 128 Å². The van der Waals surface area contributed by atoms with Crippen LogP contribution in [0, 0.1) is 22.7 Å². The van der Waals surface area contributed by atoms with Crippen LogP contribution in [0.5, 0.6) is 5.75 Å². The average Bonchev–Trinajstić information content (AvgIpc) is 1.72. The smallest absolute Gasteiger partial charge is 0.326 e. The average molecular weight is 1670 g/mol. The normalized spacial score (nSPS) is 14.3. The van der Waals surface area contributed by atoms with Crippen molar-refractivity contribution in [2.75, 3.05) is 38.2 Å². The van der Waals surface area contributed by atoms with E-state index in [0.29, 0.717) is 50.7 Å². The zero-order chi connectivity index (χ0) is 87.4. The highest BCUT2D eigenvalue weighted by Gasteiger charge is 2.39. The van der Waals surface area contributed by atoms with E-state index < -0.39 is 186 Å². The molecular formula is C80H114N22O16S. The van der Waals surface area contributed by atoms with Crippen LogP contribution in [0.3, 0.4) is 0 Å². The Balaban J connectivity index is 1.27. The molecule has 4 aromatic carbocycles. The molecule has 0 radical (unpaired) electrons. The molecule has 2 aromatic heterocycles. The molecule has 0 saturated carbocycles. The maximum absolute atomic E-state index is 15.3. The van der Waals surface area contributed by atoms with Gasteiger partial charge in [-0.25, -0.2) is 4.79 Å². The molecule has 6 rings (SSSR count). The first-order chi connectivity index (χ1) is 56.7. The highest BCUT2D eigenvalue weighted by Crippen LogP contribution is 2.23. The van der Waals surface area contributed by atoms with Gasteiger partial charge in [0.05, 0.1) is 19.1 Å². The van der Waals surface area contributed by atoms with Crippen LogP contribution in [0.2, 0.25) is 0 Å². The first-order valence-corrected chi connectivity index (χ1v) is 40.6. The predicted molar refractivity (Wildman–Crippen MR) is 448 cm³/mol. The maximum Gasteiger partial charge on any atom is 0.326 e. The summed E-state index contributed by atoms with van der Waals surface area (Å²) >= 11 is 1.42. The second kappa shape index (κ2) is 48.4. The van der Waals surface area contributed by atoms with Crippen molar-refractivity contribution >= 4 is 122 Å². The number of para-hydroxylation sites is 2. The number of phenolic OH excluding ortho intramolecular Hbond substituents is 1. The molecule has 30 N–H and O–H groups in total. The lowest BCUT2D eigenvalue weighted by molar-refractivity contribution is -0.142. The van der Waals surface area contributed by atoms with Crippen molar-refractivity contribution in [1.82, 2.24) is 79.1 Å². The number of carboxylic acid groups (broad SMARTS) is 1. The number of fused-ring (bicyclic) bond motifs is 2. The van der Waals surface area contributed by atoms with E-state index in [9.17, 15) is 63.3 Å². The lowest BCUT2D eigenvalue weighted by Crippen LogP contribution is -2.62. The molecule has 6 aromatic rings. The first-order valence-electron chi connectivity index (χ1n) is 39.2. The number of hydrogen-bond donors (Lipinski definition) is 25. The Hall–Kier alpha value is -12.4. The van der Waals surface area contributed by atoms with Gasteiger partial charge >= 0.3 is 5.97 Å². The molecule has 646 valence electrons. The quantitative estimate of drug-likeness (QED) is 0.0111. The molecule has 39 heteroatoms. The van der Waals surface area contributed by atoms with Crippen molar-refractivity contribution in [1.29, 1.82) is 10.8 Å². The number of thioether (sulfide) groups is 1. The molecular weight excluding hydrogens is 1560 g/mol. The number of aliphatic hydroxyl groups excluding tert-OH is 1. The first kappa shape index (κ1) is 95.5. The summed E-state index contributed by atoms with van der Waals surface area (Å²) in [4.78, 5) is 191. The van der Waals surface area contributed by atoms with Gasteiger partial charge < -0.3 is 123 Å². The molecule has 0 bridgehead atoms. The zero-order valence-electron chi connectivity index (χ0n) is 67.2. The summed E-state index contributed by atoms with van der Waals surface area (Å²) in [6.07, 6.45) is 3.88. The second-order valence-corrected chi connectivity index (χ2v) is 30.5. The summed E-state index contributed by atoms with van der Waals surface area (Å²) in [5.41, 5.74) is 32.1. The van der Waals surface area contributed by atoms with Gasteiger partial charge in [0.15, 0.2) is 11.9 Å². The molecule has 0 fully saturated rings. The number of carboxylic acids is 1. The minimum atomic E-state index is -1.83. The Labute approximate surface area is 692 Å². The summed E-state index contributed by atoms with van der Waals surface area (Å²) in [7, 11) is 0. The molecule has 0 spiro atoms. The molecule has 0 unspecified atom stereocenters. The highest BCUT2D eigenvalue weighted by molar-refractivity contribution is 7.98. The van der Waals surface area contributed by atoms with Crippen LogP contribution in [0.4, 0.5) is 0 Å². The topological polar surface area (TPSA) is 648 Å². The summed E-state index contributed by atoms with van der Waals surface area (Å²) < 4.78 is 0. The lowest BCUT2D eigenvalue weighted by atomic mass is 9.99. The second-order valence-electron chi connectivity index (χ2n) is 29.5. The van der Waals surface area contributed by atoms with Crippen molar-refractivity contribution in [3.05, 3.63) is 138 Å². The van der Waals surface area contributed by atoms with Gasteiger partial charge in [0, 0.05) is 73.0 Å². The number of hydrogen-bond acceptors (Lipinski definition) is 20. The van der Waals surface area contributed by atoms with Crippen LogP contribution in [0.1, 0.15) is 108 Å². The van der Waals surface area contributed by atoms with Crippen molar-refractivity contribution in [3.63, 3.8) is 0 Å². The van der Waals surface area contributed by atoms with Gasteiger partial charge in [-0.3, -0.25) is 68.4 Å². The van der Waals surface area contributed by atoms with Gasteiger partial charge in [0.25, 0.3) is 0 Å². The van der Waals surface area contributed by atoms with E-state index >= 15 is 14.4 Å². The molecule has 0 aliphatic rings.